The molecule has 0 atom stereocenters. The number of ether oxygens (including phenoxy) is 1. The van der Waals surface area contributed by atoms with Crippen molar-refractivity contribution in [3.8, 4) is 5.75 Å². The second kappa shape index (κ2) is 6.69. The highest BCUT2D eigenvalue weighted by Crippen LogP contribution is 2.28. The maximum atomic E-state index is 12.4. The summed E-state index contributed by atoms with van der Waals surface area (Å²) in [6.45, 7) is 0. The smallest absolute Gasteiger partial charge is 0.345 e. The maximum absolute atomic E-state index is 12.4. The molecule has 130 valence electrons. The van der Waals surface area contributed by atoms with Crippen LogP contribution in [0.1, 0.15) is 12.0 Å². The van der Waals surface area contributed by atoms with Crippen molar-refractivity contribution in [2.45, 2.75) is 6.42 Å². The average Bonchev–Trinajstić information content (AvgIpc) is 3.11. The van der Waals surface area contributed by atoms with Crippen molar-refractivity contribution in [2.24, 2.45) is 4.99 Å². The van der Waals surface area contributed by atoms with Crippen LogP contribution in [0.4, 0.5) is 5.69 Å². The van der Waals surface area contributed by atoms with Crippen molar-refractivity contribution in [3.63, 3.8) is 0 Å². The lowest BCUT2D eigenvalue weighted by molar-refractivity contribution is 0.417. The zero-order chi connectivity index (χ0) is 18.1. The van der Waals surface area contributed by atoms with Gasteiger partial charge in [-0.3, -0.25) is 0 Å². The first-order valence-electron chi connectivity index (χ1n) is 8.06. The molecule has 3 aromatic rings. The Hall–Kier alpha value is -3.05. The van der Waals surface area contributed by atoms with E-state index in [4.69, 9.17) is 20.8 Å². The molecule has 5 nitrogen and oxygen atoms in total. The van der Waals surface area contributed by atoms with Gasteiger partial charge in [-0.15, -0.1) is 0 Å². The van der Waals surface area contributed by atoms with Crippen LogP contribution in [0.3, 0.4) is 0 Å². The Morgan fingerprint density at radius 2 is 2.04 bits per heavy atom. The summed E-state index contributed by atoms with van der Waals surface area (Å²) in [5.41, 5.74) is 1.74. The number of para-hydroxylation sites is 3. The molecule has 2 heterocycles. The Balaban J connectivity index is 1.66. The Morgan fingerprint density at radius 1 is 1.19 bits per heavy atom. The van der Waals surface area contributed by atoms with Crippen molar-refractivity contribution in [1.82, 2.24) is 0 Å². The summed E-state index contributed by atoms with van der Waals surface area (Å²) in [5.74, 6) is 1.46. The number of anilines is 1. The van der Waals surface area contributed by atoms with E-state index in [1.165, 1.54) is 0 Å². The van der Waals surface area contributed by atoms with E-state index in [2.05, 4.69) is 10.3 Å². The van der Waals surface area contributed by atoms with Crippen molar-refractivity contribution < 1.29 is 9.15 Å². The topological polar surface area (TPSA) is 63.8 Å². The first-order valence-corrected chi connectivity index (χ1v) is 8.44. The molecule has 6 heteroatoms. The van der Waals surface area contributed by atoms with Gasteiger partial charge < -0.3 is 14.5 Å². The van der Waals surface area contributed by atoms with E-state index in [0.717, 1.165) is 22.7 Å². The van der Waals surface area contributed by atoms with E-state index in [1.54, 1.807) is 19.2 Å². The molecule has 0 unspecified atom stereocenters. The monoisotopic (exact) mass is 366 g/mol. The third-order valence-corrected chi connectivity index (χ3v) is 4.42. The molecule has 2 aromatic carbocycles. The highest BCUT2D eigenvalue weighted by Gasteiger charge is 2.17. The highest BCUT2D eigenvalue weighted by atomic mass is 35.5. The number of halogens is 1. The first-order chi connectivity index (χ1) is 12.7. The molecule has 0 aliphatic carbocycles. The van der Waals surface area contributed by atoms with E-state index < -0.39 is 5.63 Å². The Labute approximate surface area is 154 Å². The highest BCUT2D eigenvalue weighted by molar-refractivity contribution is 6.34. The fourth-order valence-electron chi connectivity index (χ4n) is 2.87. The van der Waals surface area contributed by atoms with Crippen LogP contribution in [-0.4, -0.2) is 12.9 Å². The number of nitrogens with one attached hydrogen (secondary N) is 1. The molecule has 26 heavy (non-hydrogen) atoms. The van der Waals surface area contributed by atoms with Gasteiger partial charge in [-0.2, -0.15) is 0 Å². The van der Waals surface area contributed by atoms with Gasteiger partial charge in [0.15, 0.2) is 5.58 Å². The molecule has 4 rings (SSSR count). The van der Waals surface area contributed by atoms with Crippen molar-refractivity contribution >= 4 is 39.8 Å². The molecule has 0 fully saturated rings. The fourth-order valence-corrected chi connectivity index (χ4v) is 3.09. The first kappa shape index (κ1) is 16.4. The molecule has 0 amide bonds. The summed E-state index contributed by atoms with van der Waals surface area (Å²) < 4.78 is 10.7. The molecule has 1 aliphatic heterocycles. The summed E-state index contributed by atoms with van der Waals surface area (Å²) in [7, 11) is 1.62. The van der Waals surface area contributed by atoms with Gasteiger partial charge in [0, 0.05) is 11.8 Å². The van der Waals surface area contributed by atoms with Crippen LogP contribution in [0.5, 0.6) is 5.75 Å². The van der Waals surface area contributed by atoms with Gasteiger partial charge in [0.2, 0.25) is 0 Å². The number of hydrogen-bond acceptors (Lipinski definition) is 5. The minimum atomic E-state index is -0.459. The standard InChI is InChI=1S/C20H15ClN2O3/c1-25-17-8-3-2-7-16(17)23-18-10-9-15(22-18)13-11-12-5-4-6-14(21)19(12)26-20(13)24/h2-9,11H,10H2,1H3,(H,22,23). The molecule has 1 aliphatic rings. The van der Waals surface area contributed by atoms with E-state index in [9.17, 15) is 4.79 Å². The predicted molar refractivity (Wildman–Crippen MR) is 104 cm³/mol. The van der Waals surface area contributed by atoms with E-state index in [1.807, 2.05) is 42.5 Å². The summed E-state index contributed by atoms with van der Waals surface area (Å²) in [4.78, 5) is 16.9. The van der Waals surface area contributed by atoms with Crippen LogP contribution in [0.25, 0.3) is 16.7 Å². The zero-order valence-corrected chi connectivity index (χ0v) is 14.7. The van der Waals surface area contributed by atoms with Crippen LogP contribution >= 0.6 is 11.6 Å². The van der Waals surface area contributed by atoms with Crippen LogP contribution in [0.2, 0.25) is 5.02 Å². The number of nitrogens with zero attached hydrogens (tertiary/aromatic N) is 1. The van der Waals surface area contributed by atoms with Crippen LogP contribution in [-0.2, 0) is 0 Å². The lowest BCUT2D eigenvalue weighted by atomic mass is 10.1. The van der Waals surface area contributed by atoms with Crippen molar-refractivity contribution in [2.75, 3.05) is 12.4 Å². The number of aliphatic imine (C=N–C) groups is 1. The van der Waals surface area contributed by atoms with Crippen LogP contribution < -0.4 is 15.7 Å². The quantitative estimate of drug-likeness (QED) is 0.682. The number of fused-ring (bicyclic) bond motifs is 1. The van der Waals surface area contributed by atoms with Gasteiger partial charge in [0.05, 0.1) is 29.1 Å². The Kier molecular flexibility index (Phi) is 4.22. The number of amidine groups is 1. The number of hydrogen-bond donors (Lipinski definition) is 1. The number of rotatable bonds is 3. The summed E-state index contributed by atoms with van der Waals surface area (Å²) in [6.07, 6.45) is 2.47. The zero-order valence-electron chi connectivity index (χ0n) is 14.0. The summed E-state index contributed by atoms with van der Waals surface area (Å²) in [6, 6.07) is 14.7. The molecule has 1 N–H and O–H groups in total. The number of methoxy groups -OCH3 is 1. The minimum absolute atomic E-state index is 0.387. The second-order valence-corrected chi connectivity index (χ2v) is 6.19. The van der Waals surface area contributed by atoms with Crippen LogP contribution in [0, 0.1) is 0 Å². The van der Waals surface area contributed by atoms with E-state index in [-0.39, 0.29) is 0 Å². The molecular weight excluding hydrogens is 352 g/mol. The Bertz CT molecular complexity index is 1120. The number of benzene rings is 2. The average molecular weight is 367 g/mol. The predicted octanol–water partition coefficient (Wildman–Crippen LogP) is 4.71. The molecular formula is C20H15ClN2O3. The third-order valence-electron chi connectivity index (χ3n) is 4.12. The largest absolute Gasteiger partial charge is 0.495 e. The normalized spacial score (nSPS) is 13.5. The molecule has 0 saturated carbocycles. The van der Waals surface area contributed by atoms with Gasteiger partial charge in [0.1, 0.15) is 11.6 Å². The second-order valence-electron chi connectivity index (χ2n) is 5.78. The summed E-state index contributed by atoms with van der Waals surface area (Å²) in [5, 5.41) is 4.41. The van der Waals surface area contributed by atoms with Crippen molar-refractivity contribution in [3.05, 3.63) is 75.6 Å². The van der Waals surface area contributed by atoms with E-state index >= 15 is 0 Å². The molecule has 0 radical (unpaired) electrons. The third kappa shape index (κ3) is 2.97. The maximum Gasteiger partial charge on any atom is 0.345 e. The van der Waals surface area contributed by atoms with Crippen molar-refractivity contribution in [1.29, 1.82) is 0 Å². The van der Waals surface area contributed by atoms with Gasteiger partial charge in [-0.05, 0) is 24.3 Å². The SMILES string of the molecule is COc1ccccc1NC1=NC(c2cc3cccc(Cl)c3oc2=O)=CC1. The summed E-state index contributed by atoms with van der Waals surface area (Å²) >= 11 is 6.09. The molecule has 0 bridgehead atoms. The molecule has 0 spiro atoms. The minimum Gasteiger partial charge on any atom is -0.495 e. The lowest BCUT2D eigenvalue weighted by Gasteiger charge is -2.10. The molecule has 0 saturated heterocycles. The van der Waals surface area contributed by atoms with Gasteiger partial charge in [-0.1, -0.05) is 41.9 Å². The van der Waals surface area contributed by atoms with E-state index in [0.29, 0.717) is 28.3 Å². The molecule has 1 aromatic heterocycles. The van der Waals surface area contributed by atoms with Crippen LogP contribution in [0.15, 0.2) is 68.8 Å². The Morgan fingerprint density at radius 3 is 2.88 bits per heavy atom. The fraction of sp³-hybridized carbons (Fsp3) is 0.100. The van der Waals surface area contributed by atoms with Gasteiger partial charge in [-0.25, -0.2) is 9.79 Å². The van der Waals surface area contributed by atoms with Gasteiger partial charge >= 0.3 is 5.63 Å². The lowest BCUT2D eigenvalue weighted by Crippen LogP contribution is -2.10. The van der Waals surface area contributed by atoms with Gasteiger partial charge in [0.25, 0.3) is 0 Å².